The number of nitrogens with zero attached hydrogens (tertiary/aromatic N) is 4. The zero-order valence-corrected chi connectivity index (χ0v) is 19.6. The summed E-state index contributed by atoms with van der Waals surface area (Å²) in [5.41, 5.74) is 1.28. The van der Waals surface area contributed by atoms with Gasteiger partial charge in [-0.1, -0.05) is 0 Å². The number of thiophene rings is 1. The lowest BCUT2D eigenvalue weighted by atomic mass is 9.86. The predicted octanol–water partition coefficient (Wildman–Crippen LogP) is 2.88. The molecule has 0 saturated heterocycles. The minimum absolute atomic E-state index is 0.00397. The molecule has 2 N–H and O–H groups in total. The van der Waals surface area contributed by atoms with E-state index in [1.165, 1.54) is 23.3 Å². The zero-order valence-electron chi connectivity index (χ0n) is 18.8. The average molecular weight is 445 g/mol. The van der Waals surface area contributed by atoms with Crippen LogP contribution >= 0.6 is 11.3 Å². The van der Waals surface area contributed by atoms with Crippen molar-refractivity contribution in [2.75, 3.05) is 39.6 Å². The lowest BCUT2D eigenvalue weighted by Gasteiger charge is -2.27. The van der Waals surface area contributed by atoms with Gasteiger partial charge in [0, 0.05) is 36.9 Å². The molecule has 0 radical (unpaired) electrons. The van der Waals surface area contributed by atoms with Crippen molar-refractivity contribution in [3.63, 3.8) is 0 Å². The van der Waals surface area contributed by atoms with Crippen LogP contribution in [0.4, 0.5) is 5.82 Å². The number of hydrogen-bond acceptors (Lipinski definition) is 6. The van der Waals surface area contributed by atoms with Gasteiger partial charge >= 0.3 is 0 Å². The number of aryl methyl sites for hydroxylation is 1. The average Bonchev–Trinajstić information content (AvgIpc) is 3.29. The Morgan fingerprint density at radius 1 is 1.29 bits per heavy atom. The number of nitrogens with one attached hydrogen (secondary N) is 1. The number of fused-ring (bicyclic) bond motifs is 3. The molecule has 31 heavy (non-hydrogen) atoms. The van der Waals surface area contributed by atoms with E-state index in [1.807, 2.05) is 0 Å². The maximum atomic E-state index is 12.6. The number of likely N-dealkylation sites (N-methyl/N-ethyl adjacent to an activating group) is 1. The summed E-state index contributed by atoms with van der Waals surface area (Å²) in [5, 5.41) is 14.0. The minimum Gasteiger partial charge on any atom is -0.395 e. The summed E-state index contributed by atoms with van der Waals surface area (Å²) in [6.45, 7) is 0.378. The summed E-state index contributed by atoms with van der Waals surface area (Å²) in [6.07, 6.45) is 11.1. The van der Waals surface area contributed by atoms with E-state index in [-0.39, 0.29) is 18.4 Å². The van der Waals surface area contributed by atoms with Crippen molar-refractivity contribution in [3.8, 4) is 0 Å². The Bertz CT molecular complexity index is 960. The van der Waals surface area contributed by atoms with Crippen LogP contribution in [0.5, 0.6) is 0 Å². The van der Waals surface area contributed by atoms with Crippen LogP contribution in [-0.2, 0) is 11.2 Å². The van der Waals surface area contributed by atoms with E-state index in [4.69, 9.17) is 5.11 Å². The van der Waals surface area contributed by atoms with Gasteiger partial charge in [0.1, 0.15) is 37.3 Å². The van der Waals surface area contributed by atoms with E-state index < -0.39 is 0 Å². The Kier molecular flexibility index (Phi) is 6.86. The van der Waals surface area contributed by atoms with Crippen LogP contribution < -0.4 is 5.32 Å². The maximum Gasteiger partial charge on any atom is 0.223 e. The number of carbonyl (C=O) groups is 1. The molecule has 2 aliphatic rings. The lowest BCUT2D eigenvalue weighted by molar-refractivity contribution is -0.462. The van der Waals surface area contributed by atoms with Crippen molar-refractivity contribution in [2.45, 2.75) is 56.9 Å². The molecule has 1 amide bonds. The van der Waals surface area contributed by atoms with E-state index in [0.29, 0.717) is 24.9 Å². The second-order valence-corrected chi connectivity index (χ2v) is 10.3. The highest BCUT2D eigenvalue weighted by Crippen LogP contribution is 2.47. The molecule has 0 bridgehead atoms. The van der Waals surface area contributed by atoms with E-state index >= 15 is 0 Å². The van der Waals surface area contributed by atoms with Gasteiger partial charge in [-0.2, -0.15) is 0 Å². The number of aliphatic hydroxyl groups excluding tert-OH is 1. The smallest absolute Gasteiger partial charge is 0.223 e. The summed E-state index contributed by atoms with van der Waals surface area (Å²) >= 11 is 1.75. The molecule has 7 nitrogen and oxygen atoms in total. The minimum atomic E-state index is -0.00397. The molecule has 0 aliphatic heterocycles. The van der Waals surface area contributed by atoms with Crippen molar-refractivity contribution >= 4 is 39.5 Å². The zero-order chi connectivity index (χ0) is 22.0. The molecule has 1 fully saturated rings. The lowest BCUT2D eigenvalue weighted by Crippen LogP contribution is -2.30. The second-order valence-electron chi connectivity index (χ2n) is 9.19. The van der Waals surface area contributed by atoms with Crippen molar-refractivity contribution in [1.29, 1.82) is 0 Å². The molecule has 2 aromatic heterocycles. The standard InChI is InChI=1S/C23H34N5O2S/c1-27(2)13-15-4-7-17(8-5-15)26-22-21-20-16(12-19(30)28(3)10-11-29)6-9-18(20)31-23(21)25-14-24-22/h13-17,29H,4-12H2,1-3H3,(H,24,25,26)/q+1. The van der Waals surface area contributed by atoms with Crippen LogP contribution in [0.3, 0.4) is 0 Å². The number of aromatic nitrogens is 2. The first-order valence-electron chi connectivity index (χ1n) is 11.3. The Labute approximate surface area is 188 Å². The first-order valence-corrected chi connectivity index (χ1v) is 12.2. The molecular formula is C23H34N5O2S+. The third-order valence-corrected chi connectivity index (χ3v) is 7.81. The molecule has 168 valence electrons. The number of rotatable bonds is 7. The molecule has 8 heteroatoms. The fourth-order valence-corrected chi connectivity index (χ4v) is 6.29. The first kappa shape index (κ1) is 22.1. The summed E-state index contributed by atoms with van der Waals surface area (Å²) < 4.78 is 2.17. The third kappa shape index (κ3) is 4.90. The van der Waals surface area contributed by atoms with Crippen molar-refractivity contribution in [1.82, 2.24) is 14.9 Å². The number of aliphatic hydroxyl groups is 1. The Morgan fingerprint density at radius 3 is 2.77 bits per heavy atom. The Balaban J connectivity index is 1.53. The van der Waals surface area contributed by atoms with Crippen molar-refractivity contribution < 1.29 is 14.5 Å². The van der Waals surface area contributed by atoms with E-state index in [0.717, 1.165) is 41.7 Å². The summed E-state index contributed by atoms with van der Waals surface area (Å²) in [4.78, 5) is 25.8. The molecule has 4 rings (SSSR count). The van der Waals surface area contributed by atoms with Crippen LogP contribution in [-0.4, -0.2) is 77.0 Å². The summed E-state index contributed by atoms with van der Waals surface area (Å²) in [5.74, 6) is 1.89. The fraction of sp³-hybridized carbons (Fsp3) is 0.652. The largest absolute Gasteiger partial charge is 0.395 e. The molecule has 0 aromatic carbocycles. The van der Waals surface area contributed by atoms with Crippen molar-refractivity contribution in [2.24, 2.45) is 5.92 Å². The number of hydrogen-bond donors (Lipinski definition) is 2. The van der Waals surface area contributed by atoms with Crippen LogP contribution in [0.1, 0.15) is 54.9 Å². The highest BCUT2D eigenvalue weighted by atomic mass is 32.1. The molecule has 2 aliphatic carbocycles. The monoisotopic (exact) mass is 444 g/mol. The fourth-order valence-electron chi connectivity index (χ4n) is 5.05. The highest BCUT2D eigenvalue weighted by Gasteiger charge is 2.32. The molecule has 2 heterocycles. The molecule has 1 saturated carbocycles. The first-order chi connectivity index (χ1) is 15.0. The van der Waals surface area contributed by atoms with Crippen LogP contribution in [0, 0.1) is 5.92 Å². The van der Waals surface area contributed by atoms with Crippen LogP contribution in [0.15, 0.2) is 6.33 Å². The van der Waals surface area contributed by atoms with Crippen molar-refractivity contribution in [3.05, 3.63) is 16.8 Å². The van der Waals surface area contributed by atoms with Crippen LogP contribution in [0.2, 0.25) is 0 Å². The van der Waals surface area contributed by atoms with Crippen LogP contribution in [0.25, 0.3) is 10.2 Å². The second kappa shape index (κ2) is 9.61. The van der Waals surface area contributed by atoms with Gasteiger partial charge < -0.3 is 15.3 Å². The van der Waals surface area contributed by atoms with Gasteiger partial charge in [-0.3, -0.25) is 4.79 Å². The predicted molar refractivity (Wildman–Crippen MR) is 125 cm³/mol. The van der Waals surface area contributed by atoms with Gasteiger partial charge in [0.25, 0.3) is 0 Å². The number of carbonyl (C=O) groups excluding carboxylic acids is 1. The van der Waals surface area contributed by atoms with Gasteiger partial charge in [0.15, 0.2) is 0 Å². The number of anilines is 1. The topological polar surface area (TPSA) is 81.4 Å². The molecule has 2 aromatic rings. The SMILES string of the molecule is CN(CCO)C(=O)CC1CCc2sc3ncnc(NC4CCC(C=[N+](C)C)CC4)c3c21. The molecular weight excluding hydrogens is 410 g/mol. The summed E-state index contributed by atoms with van der Waals surface area (Å²) in [7, 11) is 5.96. The van der Waals surface area contributed by atoms with Gasteiger partial charge in [-0.15, -0.1) is 11.3 Å². The van der Waals surface area contributed by atoms with Gasteiger partial charge in [-0.05, 0) is 50.0 Å². The number of amides is 1. The quantitative estimate of drug-likeness (QED) is 0.507. The third-order valence-electron chi connectivity index (χ3n) is 6.63. The van der Waals surface area contributed by atoms with E-state index in [1.54, 1.807) is 29.6 Å². The summed E-state index contributed by atoms with van der Waals surface area (Å²) in [6, 6.07) is 0.428. The Hall–Kier alpha value is -2.06. The van der Waals surface area contributed by atoms with Gasteiger partial charge in [0.2, 0.25) is 5.91 Å². The van der Waals surface area contributed by atoms with Gasteiger partial charge in [0.05, 0.1) is 12.0 Å². The molecule has 1 atom stereocenters. The Morgan fingerprint density at radius 2 is 2.06 bits per heavy atom. The van der Waals surface area contributed by atoms with E-state index in [2.05, 4.69) is 40.2 Å². The van der Waals surface area contributed by atoms with Gasteiger partial charge in [-0.25, -0.2) is 14.5 Å². The molecule has 1 unspecified atom stereocenters. The molecule has 0 spiro atoms. The highest BCUT2D eigenvalue weighted by molar-refractivity contribution is 7.19. The normalized spacial score (nSPS) is 22.9. The van der Waals surface area contributed by atoms with E-state index in [9.17, 15) is 4.79 Å². The maximum absolute atomic E-state index is 12.6.